The number of benzene rings is 2. The van der Waals surface area contributed by atoms with Crippen LogP contribution in [0, 0.1) is 12.7 Å². The molecule has 0 saturated carbocycles. The van der Waals surface area contributed by atoms with E-state index in [1.54, 1.807) is 6.92 Å². The molecule has 162 valence electrons. The van der Waals surface area contributed by atoms with Gasteiger partial charge >= 0.3 is 11.9 Å². The van der Waals surface area contributed by atoms with Gasteiger partial charge in [-0.15, -0.1) is 0 Å². The minimum atomic E-state index is -4.40. The Labute approximate surface area is 174 Å². The van der Waals surface area contributed by atoms with Crippen LogP contribution in [0.25, 0.3) is 0 Å². The van der Waals surface area contributed by atoms with Crippen LogP contribution in [0.5, 0.6) is 5.75 Å². The van der Waals surface area contributed by atoms with Gasteiger partial charge in [0.1, 0.15) is 6.54 Å². The van der Waals surface area contributed by atoms with E-state index >= 15 is 0 Å². The highest BCUT2D eigenvalue weighted by Crippen LogP contribution is 2.30. The highest BCUT2D eigenvalue weighted by molar-refractivity contribution is 7.92. The Bertz CT molecular complexity index is 1050. The summed E-state index contributed by atoms with van der Waals surface area (Å²) in [5.74, 6) is -2.49. The molecule has 0 heterocycles. The van der Waals surface area contributed by atoms with E-state index in [2.05, 4.69) is 4.74 Å². The molecule has 30 heavy (non-hydrogen) atoms. The third-order valence-electron chi connectivity index (χ3n) is 4.28. The lowest BCUT2D eigenvalue weighted by Gasteiger charge is -2.26. The zero-order valence-electron chi connectivity index (χ0n) is 17.0. The molecule has 0 N–H and O–H groups in total. The molecule has 0 fully saturated rings. The lowest BCUT2D eigenvalue weighted by molar-refractivity contribution is -0.138. The first kappa shape index (κ1) is 23.1. The van der Waals surface area contributed by atoms with Crippen molar-refractivity contribution >= 4 is 27.6 Å². The van der Waals surface area contributed by atoms with Gasteiger partial charge in [-0.3, -0.25) is 9.10 Å². The van der Waals surface area contributed by atoms with Crippen LogP contribution in [-0.2, 0) is 24.3 Å². The molecule has 2 aromatic carbocycles. The van der Waals surface area contributed by atoms with Gasteiger partial charge in [-0.05, 0) is 49.7 Å². The van der Waals surface area contributed by atoms with Crippen LogP contribution in [-0.4, -0.2) is 47.7 Å². The summed E-state index contributed by atoms with van der Waals surface area (Å²) in [5, 5.41) is 0. The lowest BCUT2D eigenvalue weighted by atomic mass is 10.1. The second kappa shape index (κ2) is 9.57. The second-order valence-electron chi connectivity index (χ2n) is 6.05. The summed E-state index contributed by atoms with van der Waals surface area (Å²) >= 11 is 0. The Kier molecular flexibility index (Phi) is 7.38. The first-order valence-electron chi connectivity index (χ1n) is 8.87. The molecule has 2 aromatic rings. The van der Waals surface area contributed by atoms with Gasteiger partial charge in [0.15, 0.2) is 11.6 Å². The number of esters is 2. The van der Waals surface area contributed by atoms with Gasteiger partial charge in [0.25, 0.3) is 10.0 Å². The molecule has 0 aliphatic heterocycles. The van der Waals surface area contributed by atoms with E-state index < -0.39 is 39.2 Å². The Morgan fingerprint density at radius 2 is 1.83 bits per heavy atom. The normalized spacial score (nSPS) is 11.0. The summed E-state index contributed by atoms with van der Waals surface area (Å²) in [6.45, 7) is 2.62. The molecule has 0 saturated heterocycles. The average molecular weight is 439 g/mol. The Hall–Kier alpha value is -3.14. The van der Waals surface area contributed by atoms with Gasteiger partial charge in [-0.25, -0.2) is 17.6 Å². The Morgan fingerprint density at radius 1 is 1.13 bits per heavy atom. The van der Waals surface area contributed by atoms with Crippen LogP contribution >= 0.6 is 0 Å². The fourth-order valence-corrected chi connectivity index (χ4v) is 4.22. The number of rotatable bonds is 8. The predicted octanol–water partition coefficient (Wildman–Crippen LogP) is 2.69. The monoisotopic (exact) mass is 439 g/mol. The number of halogens is 1. The van der Waals surface area contributed by atoms with E-state index in [0.717, 1.165) is 23.5 Å². The van der Waals surface area contributed by atoms with Gasteiger partial charge in [-0.2, -0.15) is 0 Å². The van der Waals surface area contributed by atoms with Crippen LogP contribution in [0.4, 0.5) is 10.1 Å². The molecular weight excluding hydrogens is 417 g/mol. The number of sulfonamides is 1. The summed E-state index contributed by atoms with van der Waals surface area (Å²) in [6, 6.07) is 7.49. The number of hydrogen-bond acceptors (Lipinski definition) is 7. The maximum atomic E-state index is 14.1. The molecule has 0 aliphatic rings. The molecule has 0 radical (unpaired) electrons. The van der Waals surface area contributed by atoms with Crippen LogP contribution in [0.3, 0.4) is 0 Å². The lowest BCUT2D eigenvalue weighted by Crippen LogP contribution is -2.37. The molecular formula is C20H22FNO7S. The van der Waals surface area contributed by atoms with Crippen molar-refractivity contribution in [1.29, 1.82) is 0 Å². The fourth-order valence-electron chi connectivity index (χ4n) is 2.74. The van der Waals surface area contributed by atoms with Crippen LogP contribution in [0.2, 0.25) is 0 Å². The second-order valence-corrected chi connectivity index (χ2v) is 7.92. The van der Waals surface area contributed by atoms with Gasteiger partial charge < -0.3 is 14.2 Å². The van der Waals surface area contributed by atoms with E-state index in [1.165, 1.54) is 38.3 Å². The molecule has 10 heteroatoms. The number of methoxy groups -OCH3 is 2. The van der Waals surface area contributed by atoms with Gasteiger partial charge in [-0.1, -0.05) is 6.07 Å². The van der Waals surface area contributed by atoms with Crippen molar-refractivity contribution in [3.05, 3.63) is 53.3 Å². The standard InChI is InChI=1S/C20H22FNO7S/c1-5-29-20(24)15-7-6-8-17(13(15)2)22(12-19(23)28-4)30(25,26)14-9-10-18(27-3)16(21)11-14/h6-11H,5,12H2,1-4H3. The SMILES string of the molecule is CCOC(=O)c1cccc(N(CC(=O)OC)S(=O)(=O)c2ccc(OC)c(F)c2)c1C. The molecule has 0 unspecified atom stereocenters. The van der Waals surface area contributed by atoms with Crippen LogP contribution in [0.1, 0.15) is 22.8 Å². The number of ether oxygens (including phenoxy) is 3. The van der Waals surface area contributed by atoms with Crippen molar-refractivity contribution in [2.24, 2.45) is 0 Å². The number of nitrogens with zero attached hydrogens (tertiary/aromatic N) is 1. The minimum absolute atomic E-state index is 0.0576. The summed E-state index contributed by atoms with van der Waals surface area (Å²) in [4.78, 5) is 23.8. The summed E-state index contributed by atoms with van der Waals surface area (Å²) < 4.78 is 55.9. The van der Waals surface area contributed by atoms with Crippen molar-refractivity contribution in [3.8, 4) is 5.75 Å². The molecule has 0 aliphatic carbocycles. The first-order chi connectivity index (χ1) is 14.2. The number of carbonyl (C=O) groups is 2. The van der Waals surface area contributed by atoms with E-state index in [1.807, 2.05) is 0 Å². The molecule has 0 atom stereocenters. The quantitative estimate of drug-likeness (QED) is 0.583. The predicted molar refractivity (Wildman–Crippen MR) is 107 cm³/mol. The smallest absolute Gasteiger partial charge is 0.338 e. The zero-order chi connectivity index (χ0) is 22.5. The van der Waals surface area contributed by atoms with Crippen molar-refractivity contribution < 1.29 is 36.6 Å². The van der Waals surface area contributed by atoms with Gasteiger partial charge in [0.2, 0.25) is 0 Å². The summed E-state index contributed by atoms with van der Waals surface area (Å²) in [5.41, 5.74) is 0.472. The number of anilines is 1. The van der Waals surface area contributed by atoms with Crippen LogP contribution in [0.15, 0.2) is 41.3 Å². The highest BCUT2D eigenvalue weighted by atomic mass is 32.2. The molecule has 0 aromatic heterocycles. The fraction of sp³-hybridized carbons (Fsp3) is 0.300. The van der Waals surface area contributed by atoms with Gasteiger partial charge in [0, 0.05) is 0 Å². The average Bonchev–Trinajstić information content (AvgIpc) is 2.72. The maximum Gasteiger partial charge on any atom is 0.338 e. The molecule has 2 rings (SSSR count). The number of carbonyl (C=O) groups excluding carboxylic acids is 2. The molecule has 8 nitrogen and oxygen atoms in total. The molecule has 0 amide bonds. The van der Waals surface area contributed by atoms with Crippen LogP contribution < -0.4 is 9.04 Å². The van der Waals surface area contributed by atoms with Crippen molar-refractivity contribution in [2.45, 2.75) is 18.7 Å². The van der Waals surface area contributed by atoms with E-state index in [4.69, 9.17) is 9.47 Å². The minimum Gasteiger partial charge on any atom is -0.494 e. The molecule has 0 spiro atoms. The van der Waals surface area contributed by atoms with Gasteiger partial charge in [0.05, 0.1) is 37.0 Å². The number of hydrogen-bond donors (Lipinski definition) is 0. The maximum absolute atomic E-state index is 14.1. The highest BCUT2D eigenvalue weighted by Gasteiger charge is 2.30. The largest absolute Gasteiger partial charge is 0.494 e. The topological polar surface area (TPSA) is 99.2 Å². The van der Waals surface area contributed by atoms with Crippen molar-refractivity contribution in [1.82, 2.24) is 0 Å². The molecule has 0 bridgehead atoms. The Balaban J connectivity index is 2.64. The zero-order valence-corrected chi connectivity index (χ0v) is 17.8. The Morgan fingerprint density at radius 3 is 2.40 bits per heavy atom. The van der Waals surface area contributed by atoms with E-state index in [9.17, 15) is 22.4 Å². The summed E-state index contributed by atoms with van der Waals surface area (Å²) in [7, 11) is -2.04. The third-order valence-corrected chi connectivity index (χ3v) is 6.04. The first-order valence-corrected chi connectivity index (χ1v) is 10.3. The van der Waals surface area contributed by atoms with Crippen molar-refractivity contribution in [3.63, 3.8) is 0 Å². The summed E-state index contributed by atoms with van der Waals surface area (Å²) in [6.07, 6.45) is 0. The van der Waals surface area contributed by atoms with Crippen molar-refractivity contribution in [2.75, 3.05) is 31.7 Å². The van der Waals surface area contributed by atoms with E-state index in [-0.39, 0.29) is 29.2 Å². The third kappa shape index (κ3) is 4.70. The van der Waals surface area contributed by atoms with E-state index in [0.29, 0.717) is 0 Å².